The van der Waals surface area contributed by atoms with Gasteiger partial charge in [0.2, 0.25) is 0 Å². The van der Waals surface area contributed by atoms with Gasteiger partial charge in [0, 0.05) is 18.4 Å². The molecule has 2 fully saturated rings. The first kappa shape index (κ1) is 15.5. The lowest BCUT2D eigenvalue weighted by Crippen LogP contribution is -2.17. The van der Waals surface area contributed by atoms with Gasteiger partial charge in [-0.1, -0.05) is 37.3 Å². The second-order valence-electron chi connectivity index (χ2n) is 7.54. The topological polar surface area (TPSA) is 50.4 Å². The highest BCUT2D eigenvalue weighted by Gasteiger charge is 2.37. The third kappa shape index (κ3) is 3.12. The molecule has 0 amide bonds. The van der Waals surface area contributed by atoms with E-state index in [0.717, 1.165) is 30.7 Å². The van der Waals surface area contributed by atoms with Crippen molar-refractivity contribution in [3.63, 3.8) is 0 Å². The number of benzene rings is 1. The van der Waals surface area contributed by atoms with Gasteiger partial charge in [-0.3, -0.25) is 0 Å². The van der Waals surface area contributed by atoms with E-state index in [0.29, 0.717) is 23.2 Å². The van der Waals surface area contributed by atoms with E-state index >= 15 is 0 Å². The molecule has 3 nitrogen and oxygen atoms in total. The summed E-state index contributed by atoms with van der Waals surface area (Å²) in [5, 5.41) is 10.6. The molecule has 1 N–H and O–H groups in total. The van der Waals surface area contributed by atoms with Crippen LogP contribution >= 0.6 is 0 Å². The summed E-state index contributed by atoms with van der Waals surface area (Å²) in [4.78, 5) is 12.6. The molecule has 0 bridgehead atoms. The summed E-state index contributed by atoms with van der Waals surface area (Å²) in [6.07, 6.45) is 5.46. The average Bonchev–Trinajstić information content (AvgIpc) is 3.45. The van der Waals surface area contributed by atoms with E-state index in [4.69, 9.17) is 4.42 Å². The van der Waals surface area contributed by atoms with Crippen LogP contribution < -0.4 is 5.63 Å². The summed E-state index contributed by atoms with van der Waals surface area (Å²) in [7, 11) is 0. The Hall–Kier alpha value is -2.03. The summed E-state index contributed by atoms with van der Waals surface area (Å²) in [6, 6.07) is 11.7. The second kappa shape index (κ2) is 6.12. The monoisotopic (exact) mass is 324 g/mol. The lowest BCUT2D eigenvalue weighted by molar-refractivity contribution is 0.376. The van der Waals surface area contributed by atoms with Crippen molar-refractivity contribution in [2.45, 2.75) is 44.9 Å². The van der Waals surface area contributed by atoms with Crippen molar-refractivity contribution in [1.29, 1.82) is 0 Å². The first-order valence-electron chi connectivity index (χ1n) is 9.04. The van der Waals surface area contributed by atoms with Crippen molar-refractivity contribution < 1.29 is 9.52 Å². The molecule has 3 heteroatoms. The molecule has 2 saturated carbocycles. The average molecular weight is 324 g/mol. The lowest BCUT2D eigenvalue weighted by atomic mass is 9.87. The second-order valence-corrected chi connectivity index (χ2v) is 7.54. The molecule has 24 heavy (non-hydrogen) atoms. The molecular weight excluding hydrogens is 300 g/mol. The van der Waals surface area contributed by atoms with Crippen LogP contribution in [0.4, 0.5) is 0 Å². The third-order valence-electron chi connectivity index (χ3n) is 5.53. The molecule has 0 radical (unpaired) electrons. The maximum absolute atomic E-state index is 12.6. The molecule has 0 aliphatic heterocycles. The summed E-state index contributed by atoms with van der Waals surface area (Å²) in [5.74, 6) is 2.34. The van der Waals surface area contributed by atoms with Gasteiger partial charge in [-0.2, -0.15) is 0 Å². The lowest BCUT2D eigenvalue weighted by Gasteiger charge is -2.18. The van der Waals surface area contributed by atoms with Crippen LogP contribution in [0.25, 0.3) is 0 Å². The van der Waals surface area contributed by atoms with Crippen LogP contribution in [-0.2, 0) is 6.42 Å². The van der Waals surface area contributed by atoms with Gasteiger partial charge in [0.15, 0.2) is 0 Å². The molecule has 2 aromatic rings. The maximum atomic E-state index is 12.6. The normalized spacial score (nSPS) is 19.9. The Morgan fingerprint density at radius 2 is 1.79 bits per heavy atom. The predicted molar refractivity (Wildman–Crippen MR) is 93.2 cm³/mol. The minimum atomic E-state index is -0.367. The van der Waals surface area contributed by atoms with E-state index in [1.165, 1.54) is 12.8 Å². The van der Waals surface area contributed by atoms with Crippen LogP contribution in [0.3, 0.4) is 0 Å². The number of aromatic hydroxyl groups is 1. The smallest absolute Gasteiger partial charge is 0.343 e. The first-order valence-corrected chi connectivity index (χ1v) is 9.04. The van der Waals surface area contributed by atoms with Gasteiger partial charge in [0.25, 0.3) is 0 Å². The fourth-order valence-electron chi connectivity index (χ4n) is 3.84. The maximum Gasteiger partial charge on any atom is 0.343 e. The molecule has 0 spiro atoms. The van der Waals surface area contributed by atoms with E-state index in [1.54, 1.807) is 6.07 Å². The summed E-state index contributed by atoms with van der Waals surface area (Å²) in [6.45, 7) is 2.19. The van der Waals surface area contributed by atoms with Gasteiger partial charge in [0.1, 0.15) is 11.5 Å². The van der Waals surface area contributed by atoms with Crippen LogP contribution in [0.1, 0.15) is 55.4 Å². The summed E-state index contributed by atoms with van der Waals surface area (Å²) < 4.78 is 5.60. The van der Waals surface area contributed by atoms with Crippen LogP contribution in [0.15, 0.2) is 45.6 Å². The number of rotatable bonds is 6. The van der Waals surface area contributed by atoms with E-state index < -0.39 is 0 Å². The van der Waals surface area contributed by atoms with Gasteiger partial charge in [-0.25, -0.2) is 4.79 Å². The molecule has 1 heterocycles. The Bertz CT molecular complexity index is 769. The van der Waals surface area contributed by atoms with Crippen LogP contribution in [0.5, 0.6) is 5.75 Å². The van der Waals surface area contributed by atoms with Gasteiger partial charge in [0.05, 0.1) is 5.56 Å². The zero-order valence-corrected chi connectivity index (χ0v) is 14.1. The molecule has 2 aliphatic carbocycles. The summed E-state index contributed by atoms with van der Waals surface area (Å²) in [5.41, 5.74) is 1.15. The quantitative estimate of drug-likeness (QED) is 0.852. The molecule has 2 atom stereocenters. The molecule has 2 unspecified atom stereocenters. The van der Waals surface area contributed by atoms with Crippen molar-refractivity contribution in [3.8, 4) is 5.75 Å². The predicted octanol–water partition coefficient (Wildman–Crippen LogP) is 4.48. The zero-order valence-electron chi connectivity index (χ0n) is 14.1. The van der Waals surface area contributed by atoms with Crippen LogP contribution in [-0.4, -0.2) is 5.11 Å². The first-order chi connectivity index (χ1) is 11.6. The van der Waals surface area contributed by atoms with E-state index in [9.17, 15) is 9.90 Å². The standard InChI is InChI=1S/C21H24O3/c1-13(14-7-8-14)11-17-12-18(22)20(21(23)24-17)19(16-9-10-16)15-5-3-2-4-6-15/h2-6,12-14,16,19,22H,7-11H2,1H3. The van der Waals surface area contributed by atoms with E-state index in [2.05, 4.69) is 6.92 Å². The van der Waals surface area contributed by atoms with Crippen LogP contribution in [0.2, 0.25) is 0 Å². The van der Waals surface area contributed by atoms with Crippen molar-refractivity contribution in [3.05, 3.63) is 63.7 Å². The SMILES string of the molecule is CC(Cc1cc(O)c(C(c2ccccc2)C2CC2)c(=O)o1)C1CC1. The van der Waals surface area contributed by atoms with Crippen molar-refractivity contribution in [2.24, 2.45) is 17.8 Å². The third-order valence-corrected chi connectivity index (χ3v) is 5.53. The summed E-state index contributed by atoms with van der Waals surface area (Å²) >= 11 is 0. The molecule has 126 valence electrons. The Morgan fingerprint density at radius 1 is 1.12 bits per heavy atom. The Labute approximate surface area is 142 Å². The van der Waals surface area contributed by atoms with Crippen molar-refractivity contribution in [2.75, 3.05) is 0 Å². The number of hydrogen-bond donors (Lipinski definition) is 1. The van der Waals surface area contributed by atoms with Gasteiger partial charge < -0.3 is 9.52 Å². The Morgan fingerprint density at radius 3 is 2.38 bits per heavy atom. The zero-order chi connectivity index (χ0) is 16.7. The highest BCUT2D eigenvalue weighted by Crippen LogP contribution is 2.47. The van der Waals surface area contributed by atoms with E-state index in [-0.39, 0.29) is 17.3 Å². The fraction of sp³-hybridized carbons (Fsp3) is 0.476. The van der Waals surface area contributed by atoms with Gasteiger partial charge >= 0.3 is 5.63 Å². The molecule has 1 aromatic carbocycles. The van der Waals surface area contributed by atoms with Crippen molar-refractivity contribution >= 4 is 0 Å². The molecule has 4 rings (SSSR count). The fourth-order valence-corrected chi connectivity index (χ4v) is 3.84. The Kier molecular flexibility index (Phi) is 3.95. The van der Waals surface area contributed by atoms with Gasteiger partial charge in [-0.15, -0.1) is 0 Å². The molecule has 2 aliphatic rings. The minimum Gasteiger partial charge on any atom is -0.507 e. The van der Waals surface area contributed by atoms with Gasteiger partial charge in [-0.05, 0) is 49.0 Å². The largest absolute Gasteiger partial charge is 0.507 e. The highest BCUT2D eigenvalue weighted by molar-refractivity contribution is 5.41. The highest BCUT2D eigenvalue weighted by atomic mass is 16.4. The molecular formula is C21H24O3. The molecule has 0 saturated heterocycles. The number of hydrogen-bond acceptors (Lipinski definition) is 3. The molecule has 1 aromatic heterocycles. The van der Waals surface area contributed by atoms with Crippen molar-refractivity contribution in [1.82, 2.24) is 0 Å². The minimum absolute atomic E-state index is 0.0580. The van der Waals surface area contributed by atoms with Crippen LogP contribution in [0, 0.1) is 17.8 Å². The van der Waals surface area contributed by atoms with E-state index in [1.807, 2.05) is 30.3 Å². The Balaban J connectivity index is 1.67.